The predicted molar refractivity (Wildman–Crippen MR) is 87.1 cm³/mol. The lowest BCUT2D eigenvalue weighted by atomic mass is 10.1. The molecule has 1 unspecified atom stereocenters. The van der Waals surface area contributed by atoms with Crippen molar-refractivity contribution in [1.82, 2.24) is 14.9 Å². The fourth-order valence-corrected chi connectivity index (χ4v) is 2.90. The molecule has 7 heteroatoms. The Hall–Kier alpha value is -2.34. The van der Waals surface area contributed by atoms with E-state index in [1.165, 1.54) is 0 Å². The number of para-hydroxylation sites is 1. The molecule has 0 bridgehead atoms. The zero-order chi connectivity index (χ0) is 16.2. The third-order valence-electron chi connectivity index (χ3n) is 3.87. The molecule has 1 aliphatic rings. The molecule has 0 spiro atoms. The van der Waals surface area contributed by atoms with E-state index in [4.69, 9.17) is 11.6 Å². The third-order valence-corrected chi connectivity index (χ3v) is 4.19. The lowest BCUT2D eigenvalue weighted by molar-refractivity contribution is -0.126. The Morgan fingerprint density at radius 3 is 2.96 bits per heavy atom. The molecule has 2 amide bonds. The van der Waals surface area contributed by atoms with Crippen LogP contribution >= 0.6 is 11.6 Å². The molecule has 23 heavy (non-hydrogen) atoms. The van der Waals surface area contributed by atoms with Crippen LogP contribution in [0.5, 0.6) is 0 Å². The zero-order valence-electron chi connectivity index (χ0n) is 12.5. The Morgan fingerprint density at radius 1 is 1.39 bits per heavy atom. The molecule has 0 saturated carbocycles. The summed E-state index contributed by atoms with van der Waals surface area (Å²) < 4.78 is 1.89. The molecule has 1 aliphatic heterocycles. The number of halogens is 1. The van der Waals surface area contributed by atoms with Crippen molar-refractivity contribution < 1.29 is 9.59 Å². The number of nitrogens with zero attached hydrogens (tertiary/aromatic N) is 3. The van der Waals surface area contributed by atoms with E-state index in [0.29, 0.717) is 30.3 Å². The highest BCUT2D eigenvalue weighted by Gasteiger charge is 2.35. The maximum atomic E-state index is 12.2. The van der Waals surface area contributed by atoms with E-state index in [-0.39, 0.29) is 24.2 Å². The summed E-state index contributed by atoms with van der Waals surface area (Å²) in [5.41, 5.74) is 0.660. The molecule has 1 saturated heterocycles. The van der Waals surface area contributed by atoms with E-state index in [1.807, 2.05) is 22.9 Å². The van der Waals surface area contributed by atoms with Crippen LogP contribution in [0.15, 0.2) is 43.0 Å². The van der Waals surface area contributed by atoms with Crippen molar-refractivity contribution in [3.05, 3.63) is 48.0 Å². The van der Waals surface area contributed by atoms with Crippen molar-refractivity contribution in [1.29, 1.82) is 0 Å². The number of amides is 2. The van der Waals surface area contributed by atoms with E-state index in [1.54, 1.807) is 29.6 Å². The van der Waals surface area contributed by atoms with Gasteiger partial charge in [-0.1, -0.05) is 23.7 Å². The quantitative estimate of drug-likeness (QED) is 0.906. The molecule has 2 aromatic rings. The van der Waals surface area contributed by atoms with Gasteiger partial charge < -0.3 is 14.8 Å². The molecule has 3 rings (SSSR count). The first kappa shape index (κ1) is 15.6. The van der Waals surface area contributed by atoms with Crippen LogP contribution in [0.25, 0.3) is 0 Å². The minimum Gasteiger partial charge on any atom is -0.354 e. The zero-order valence-corrected chi connectivity index (χ0v) is 13.2. The highest BCUT2D eigenvalue weighted by Crippen LogP contribution is 2.30. The maximum Gasteiger partial charge on any atom is 0.227 e. The molecule has 1 atom stereocenters. The maximum absolute atomic E-state index is 12.2. The first-order chi connectivity index (χ1) is 11.1. The first-order valence-corrected chi connectivity index (χ1v) is 7.81. The second-order valence-electron chi connectivity index (χ2n) is 5.45. The van der Waals surface area contributed by atoms with Gasteiger partial charge in [0.05, 0.1) is 23.0 Å². The number of rotatable bonds is 5. The van der Waals surface area contributed by atoms with Gasteiger partial charge in [-0.2, -0.15) is 0 Å². The smallest absolute Gasteiger partial charge is 0.227 e. The number of benzene rings is 1. The van der Waals surface area contributed by atoms with Crippen molar-refractivity contribution in [3.8, 4) is 0 Å². The Bertz CT molecular complexity index is 702. The van der Waals surface area contributed by atoms with Crippen molar-refractivity contribution >= 4 is 29.1 Å². The largest absolute Gasteiger partial charge is 0.354 e. The minimum absolute atomic E-state index is 0.0761. The second kappa shape index (κ2) is 6.83. The summed E-state index contributed by atoms with van der Waals surface area (Å²) in [6.07, 6.45) is 5.44. The highest BCUT2D eigenvalue weighted by atomic mass is 35.5. The molecule has 1 fully saturated rings. The number of nitrogens with one attached hydrogen (secondary N) is 1. The average Bonchev–Trinajstić information content (AvgIpc) is 3.17. The number of hydrogen-bond donors (Lipinski definition) is 1. The molecular formula is C16H17ClN4O2. The van der Waals surface area contributed by atoms with Gasteiger partial charge in [0.25, 0.3) is 0 Å². The lowest BCUT2D eigenvalue weighted by Crippen LogP contribution is -2.34. The fourth-order valence-electron chi connectivity index (χ4n) is 2.66. The number of hydrogen-bond acceptors (Lipinski definition) is 3. The normalized spacial score (nSPS) is 17.5. The third kappa shape index (κ3) is 3.53. The van der Waals surface area contributed by atoms with Crippen LogP contribution in [0.4, 0.5) is 5.69 Å². The van der Waals surface area contributed by atoms with Crippen LogP contribution in [-0.2, 0) is 16.1 Å². The van der Waals surface area contributed by atoms with Crippen LogP contribution in [0, 0.1) is 5.92 Å². The van der Waals surface area contributed by atoms with E-state index in [2.05, 4.69) is 10.3 Å². The van der Waals surface area contributed by atoms with Crippen molar-refractivity contribution in [2.45, 2.75) is 13.0 Å². The summed E-state index contributed by atoms with van der Waals surface area (Å²) >= 11 is 6.13. The van der Waals surface area contributed by atoms with E-state index >= 15 is 0 Å². The summed E-state index contributed by atoms with van der Waals surface area (Å²) in [6.45, 7) is 1.52. The van der Waals surface area contributed by atoms with E-state index in [9.17, 15) is 9.59 Å². The van der Waals surface area contributed by atoms with Crippen LogP contribution in [-0.4, -0.2) is 34.5 Å². The van der Waals surface area contributed by atoms with Crippen molar-refractivity contribution in [2.75, 3.05) is 18.0 Å². The van der Waals surface area contributed by atoms with Crippen LogP contribution < -0.4 is 10.2 Å². The number of imidazole rings is 1. The molecule has 6 nitrogen and oxygen atoms in total. The molecule has 0 aliphatic carbocycles. The van der Waals surface area contributed by atoms with Gasteiger partial charge in [-0.3, -0.25) is 9.59 Å². The second-order valence-corrected chi connectivity index (χ2v) is 5.86. The number of aromatic nitrogens is 2. The van der Waals surface area contributed by atoms with Crippen molar-refractivity contribution in [2.24, 2.45) is 5.92 Å². The lowest BCUT2D eigenvalue weighted by Gasteiger charge is -2.18. The van der Waals surface area contributed by atoms with Crippen molar-refractivity contribution in [3.63, 3.8) is 0 Å². The van der Waals surface area contributed by atoms with Gasteiger partial charge in [0.15, 0.2) is 0 Å². The molecule has 1 aromatic carbocycles. The Labute approximate surface area is 139 Å². The number of carbonyl (C=O) groups excluding carboxylic acids is 2. The molecule has 2 heterocycles. The van der Waals surface area contributed by atoms with Gasteiger partial charge in [-0.15, -0.1) is 0 Å². The summed E-state index contributed by atoms with van der Waals surface area (Å²) in [7, 11) is 0. The van der Waals surface area contributed by atoms with Gasteiger partial charge in [0.2, 0.25) is 11.8 Å². The molecule has 1 aromatic heterocycles. The molecular weight excluding hydrogens is 316 g/mol. The van der Waals surface area contributed by atoms with Crippen LogP contribution in [0.3, 0.4) is 0 Å². The van der Waals surface area contributed by atoms with E-state index < -0.39 is 0 Å². The molecule has 120 valence electrons. The fraction of sp³-hybridized carbons (Fsp3) is 0.312. The summed E-state index contributed by atoms with van der Waals surface area (Å²) in [6, 6.07) is 7.17. The van der Waals surface area contributed by atoms with Gasteiger partial charge >= 0.3 is 0 Å². The average molecular weight is 333 g/mol. The van der Waals surface area contributed by atoms with Gasteiger partial charge in [0.1, 0.15) is 0 Å². The van der Waals surface area contributed by atoms with Gasteiger partial charge in [-0.25, -0.2) is 4.98 Å². The minimum atomic E-state index is -0.346. The molecule has 0 radical (unpaired) electrons. The van der Waals surface area contributed by atoms with Crippen LogP contribution in [0.1, 0.15) is 6.42 Å². The SMILES string of the molecule is O=C(NCCn1ccnc1)C1CC(=O)N(c2ccccc2Cl)C1. The Kier molecular flexibility index (Phi) is 4.62. The topological polar surface area (TPSA) is 67.2 Å². The van der Waals surface area contributed by atoms with E-state index in [0.717, 1.165) is 0 Å². The molecule has 1 N–H and O–H groups in total. The van der Waals surface area contributed by atoms with Crippen LogP contribution in [0.2, 0.25) is 5.02 Å². The predicted octanol–water partition coefficient (Wildman–Crippen LogP) is 1.71. The number of anilines is 1. The highest BCUT2D eigenvalue weighted by molar-refractivity contribution is 6.33. The number of carbonyl (C=O) groups is 2. The summed E-state index contributed by atoms with van der Waals surface area (Å²) in [4.78, 5) is 29.9. The summed E-state index contributed by atoms with van der Waals surface area (Å²) in [5.74, 6) is -0.526. The van der Waals surface area contributed by atoms with Gasteiger partial charge in [-0.05, 0) is 12.1 Å². The Balaban J connectivity index is 1.56. The van der Waals surface area contributed by atoms with Gasteiger partial charge in [0, 0.05) is 38.4 Å². The Morgan fingerprint density at radius 2 is 2.22 bits per heavy atom. The first-order valence-electron chi connectivity index (χ1n) is 7.43. The monoisotopic (exact) mass is 332 g/mol. The summed E-state index contributed by atoms with van der Waals surface area (Å²) in [5, 5.41) is 3.39. The standard InChI is InChI=1S/C16H17ClN4O2/c17-13-3-1-2-4-14(13)21-10-12(9-15(21)22)16(23)19-6-8-20-7-5-18-11-20/h1-5,7,11-12H,6,8-10H2,(H,19,23).